The first-order valence-corrected chi connectivity index (χ1v) is 10.1. The Labute approximate surface area is 166 Å². The van der Waals surface area contributed by atoms with Crippen molar-refractivity contribution in [3.8, 4) is 5.00 Å². The van der Waals surface area contributed by atoms with E-state index in [9.17, 15) is 4.79 Å². The van der Waals surface area contributed by atoms with Gasteiger partial charge in [0.2, 0.25) is 0 Å². The number of aromatic nitrogens is 3. The van der Waals surface area contributed by atoms with E-state index in [-0.39, 0.29) is 11.9 Å². The number of carbonyl (C=O) groups excluding carboxylic acids is 1. The predicted molar refractivity (Wildman–Crippen MR) is 107 cm³/mol. The molecular formula is C21H20N4O2S. The first kappa shape index (κ1) is 17.3. The van der Waals surface area contributed by atoms with Gasteiger partial charge in [-0.3, -0.25) is 14.4 Å². The summed E-state index contributed by atoms with van der Waals surface area (Å²) in [6.45, 7) is 4.57. The number of methoxy groups -OCH3 is 1. The van der Waals surface area contributed by atoms with Crippen LogP contribution in [-0.2, 0) is 28.9 Å². The first-order chi connectivity index (χ1) is 13.6. The van der Waals surface area contributed by atoms with E-state index in [2.05, 4.69) is 33.8 Å². The lowest BCUT2D eigenvalue weighted by Crippen LogP contribution is -2.17. The predicted octanol–water partition coefficient (Wildman–Crippen LogP) is 3.18. The summed E-state index contributed by atoms with van der Waals surface area (Å²) in [5.74, 6) is 1.47. The fraction of sp³-hybridized carbons (Fsp3) is 0.333. The van der Waals surface area contributed by atoms with E-state index >= 15 is 0 Å². The number of esters is 1. The van der Waals surface area contributed by atoms with E-state index < -0.39 is 0 Å². The van der Waals surface area contributed by atoms with Gasteiger partial charge in [0.1, 0.15) is 17.4 Å². The standard InChI is InChI=1S/C21H20N4O2S/c1-11-6-4-5-7-14(11)19-18-15-8-13(21(26)27-3)9-16(15)28-20(18)25-12(2)23-24-17(25)10-22-19/h4-7,13H,8-10H2,1-3H3. The molecule has 0 fully saturated rings. The lowest BCUT2D eigenvalue weighted by Gasteiger charge is -2.13. The van der Waals surface area contributed by atoms with Crippen LogP contribution in [0.2, 0.25) is 0 Å². The molecular weight excluding hydrogens is 372 g/mol. The molecule has 28 heavy (non-hydrogen) atoms. The number of benzene rings is 1. The van der Waals surface area contributed by atoms with Crippen LogP contribution in [0, 0.1) is 19.8 Å². The quantitative estimate of drug-likeness (QED) is 0.628. The highest BCUT2D eigenvalue weighted by atomic mass is 32.1. The van der Waals surface area contributed by atoms with E-state index in [1.807, 2.05) is 19.1 Å². The molecule has 1 aliphatic heterocycles. The fourth-order valence-electron chi connectivity index (χ4n) is 4.22. The summed E-state index contributed by atoms with van der Waals surface area (Å²) in [7, 11) is 1.46. The molecule has 7 heteroatoms. The molecule has 0 bridgehead atoms. The van der Waals surface area contributed by atoms with E-state index in [0.29, 0.717) is 13.0 Å². The second kappa shape index (κ2) is 6.38. The third-order valence-corrected chi connectivity index (χ3v) is 6.84. The SMILES string of the molecule is COC(=O)C1Cc2sc3c(c2C1)C(c1ccccc1C)=NCc1nnc(C)n1-3. The number of hydrogen-bond acceptors (Lipinski definition) is 6. The minimum Gasteiger partial charge on any atom is -0.469 e. The minimum absolute atomic E-state index is 0.112. The van der Waals surface area contributed by atoms with Crippen LogP contribution in [0.5, 0.6) is 0 Å². The maximum atomic E-state index is 12.2. The van der Waals surface area contributed by atoms with E-state index in [1.54, 1.807) is 11.3 Å². The van der Waals surface area contributed by atoms with Crippen molar-refractivity contribution >= 4 is 23.0 Å². The lowest BCUT2D eigenvalue weighted by molar-refractivity contribution is -0.145. The Kier molecular flexibility index (Phi) is 3.94. The molecule has 5 rings (SSSR count). The topological polar surface area (TPSA) is 69.4 Å². The monoisotopic (exact) mass is 392 g/mol. The van der Waals surface area contributed by atoms with Crippen molar-refractivity contribution in [3.63, 3.8) is 0 Å². The molecule has 0 saturated carbocycles. The molecule has 0 N–H and O–H groups in total. The highest BCUT2D eigenvalue weighted by molar-refractivity contribution is 7.15. The lowest BCUT2D eigenvalue weighted by atomic mass is 9.95. The Hall–Kier alpha value is -2.80. The largest absolute Gasteiger partial charge is 0.469 e. The zero-order valence-corrected chi connectivity index (χ0v) is 16.8. The summed E-state index contributed by atoms with van der Waals surface area (Å²) >= 11 is 1.73. The zero-order valence-electron chi connectivity index (χ0n) is 16.0. The molecule has 0 radical (unpaired) electrons. The Bertz CT molecular complexity index is 1140. The summed E-state index contributed by atoms with van der Waals surface area (Å²) in [6, 6.07) is 8.32. The molecule has 0 amide bonds. The highest BCUT2D eigenvalue weighted by Gasteiger charge is 2.37. The summed E-state index contributed by atoms with van der Waals surface area (Å²) in [6.07, 6.45) is 1.41. The summed E-state index contributed by atoms with van der Waals surface area (Å²) in [5.41, 5.74) is 5.65. The number of carbonyl (C=O) groups is 1. The number of aryl methyl sites for hydroxylation is 2. The fourth-order valence-corrected chi connectivity index (χ4v) is 5.69. The molecule has 2 aliphatic rings. The molecule has 0 saturated heterocycles. The van der Waals surface area contributed by atoms with Crippen LogP contribution >= 0.6 is 11.3 Å². The Morgan fingerprint density at radius 3 is 2.82 bits per heavy atom. The maximum absolute atomic E-state index is 12.2. The molecule has 2 aromatic heterocycles. The van der Waals surface area contributed by atoms with Crippen molar-refractivity contribution in [1.29, 1.82) is 0 Å². The zero-order chi connectivity index (χ0) is 19.4. The van der Waals surface area contributed by atoms with Gasteiger partial charge in [-0.2, -0.15) is 0 Å². The Morgan fingerprint density at radius 1 is 1.21 bits per heavy atom. The van der Waals surface area contributed by atoms with Gasteiger partial charge in [0.15, 0.2) is 5.82 Å². The highest BCUT2D eigenvalue weighted by Crippen LogP contribution is 2.43. The van der Waals surface area contributed by atoms with Gasteiger partial charge in [0, 0.05) is 16.0 Å². The average molecular weight is 392 g/mol. The van der Waals surface area contributed by atoms with Gasteiger partial charge < -0.3 is 4.74 Å². The van der Waals surface area contributed by atoms with E-state index in [4.69, 9.17) is 9.73 Å². The molecule has 1 aromatic carbocycles. The van der Waals surface area contributed by atoms with Gasteiger partial charge in [0.05, 0.1) is 18.7 Å². The van der Waals surface area contributed by atoms with Crippen molar-refractivity contribution in [2.24, 2.45) is 10.9 Å². The van der Waals surface area contributed by atoms with Crippen LogP contribution in [0.1, 0.15) is 38.8 Å². The van der Waals surface area contributed by atoms with Crippen LogP contribution in [0.25, 0.3) is 5.00 Å². The molecule has 0 spiro atoms. The molecule has 1 atom stereocenters. The third-order valence-electron chi connectivity index (χ3n) is 5.60. The molecule has 3 aromatic rings. The number of fused-ring (bicyclic) bond motifs is 5. The Balaban J connectivity index is 1.74. The van der Waals surface area contributed by atoms with Crippen LogP contribution in [-0.4, -0.2) is 33.6 Å². The van der Waals surface area contributed by atoms with Crippen molar-refractivity contribution in [2.75, 3.05) is 7.11 Å². The van der Waals surface area contributed by atoms with E-state index in [0.717, 1.165) is 39.9 Å². The smallest absolute Gasteiger partial charge is 0.309 e. The van der Waals surface area contributed by atoms with Crippen LogP contribution in [0.4, 0.5) is 0 Å². The maximum Gasteiger partial charge on any atom is 0.309 e. The average Bonchev–Trinajstić information content (AvgIpc) is 3.33. The molecule has 142 valence electrons. The molecule has 1 aliphatic carbocycles. The van der Waals surface area contributed by atoms with Crippen LogP contribution in [0.3, 0.4) is 0 Å². The number of aliphatic imine (C=N–C) groups is 1. The normalized spacial score (nSPS) is 17.4. The van der Waals surface area contributed by atoms with Gasteiger partial charge in [0.25, 0.3) is 0 Å². The van der Waals surface area contributed by atoms with Crippen molar-refractivity contribution < 1.29 is 9.53 Å². The van der Waals surface area contributed by atoms with Crippen LogP contribution in [0.15, 0.2) is 29.3 Å². The number of thiophene rings is 1. The third kappa shape index (κ3) is 2.46. The van der Waals surface area contributed by atoms with Gasteiger partial charge in [-0.15, -0.1) is 21.5 Å². The summed E-state index contributed by atoms with van der Waals surface area (Å²) in [4.78, 5) is 18.4. The van der Waals surface area contributed by atoms with Crippen LogP contribution < -0.4 is 0 Å². The number of rotatable bonds is 2. The van der Waals surface area contributed by atoms with Gasteiger partial charge >= 0.3 is 5.97 Å². The molecule has 3 heterocycles. The van der Waals surface area contributed by atoms with Crippen molar-refractivity contribution in [1.82, 2.24) is 14.8 Å². The summed E-state index contributed by atoms with van der Waals surface area (Å²) < 4.78 is 7.13. The van der Waals surface area contributed by atoms with Gasteiger partial charge in [-0.1, -0.05) is 24.3 Å². The minimum atomic E-state index is -0.138. The number of ether oxygens (including phenoxy) is 1. The molecule has 1 unspecified atom stereocenters. The number of nitrogens with zero attached hydrogens (tertiary/aromatic N) is 4. The van der Waals surface area contributed by atoms with Crippen molar-refractivity contribution in [3.05, 3.63) is 63.0 Å². The second-order valence-corrected chi connectivity index (χ2v) is 8.37. The van der Waals surface area contributed by atoms with Gasteiger partial charge in [-0.25, -0.2) is 0 Å². The number of hydrogen-bond donors (Lipinski definition) is 0. The second-order valence-electron chi connectivity index (χ2n) is 7.29. The molecule has 6 nitrogen and oxygen atoms in total. The Morgan fingerprint density at radius 2 is 2.04 bits per heavy atom. The first-order valence-electron chi connectivity index (χ1n) is 9.33. The van der Waals surface area contributed by atoms with Crippen molar-refractivity contribution in [2.45, 2.75) is 33.2 Å². The summed E-state index contributed by atoms with van der Waals surface area (Å²) in [5, 5.41) is 9.73. The van der Waals surface area contributed by atoms with E-state index in [1.165, 1.54) is 23.1 Å². The van der Waals surface area contributed by atoms with Gasteiger partial charge in [-0.05, 0) is 37.8 Å².